The van der Waals surface area contributed by atoms with Gasteiger partial charge in [-0.15, -0.1) is 13.2 Å². The van der Waals surface area contributed by atoms with E-state index in [0.717, 1.165) is 51.8 Å². The molecule has 5 heterocycles. The number of aryl methyl sites for hydroxylation is 1. The van der Waals surface area contributed by atoms with Crippen LogP contribution in [0.2, 0.25) is 0 Å². The van der Waals surface area contributed by atoms with E-state index in [1.54, 1.807) is 17.0 Å². The minimum absolute atomic E-state index is 0.0397. The summed E-state index contributed by atoms with van der Waals surface area (Å²) in [7, 11) is 5.01. The number of nitrogens with one attached hydrogen (secondary N) is 1. The fourth-order valence-electron chi connectivity index (χ4n) is 5.83. The zero-order valence-corrected chi connectivity index (χ0v) is 24.0. The second-order valence-corrected chi connectivity index (χ2v) is 11.0. The molecule has 0 bridgehead atoms. The van der Waals surface area contributed by atoms with Gasteiger partial charge in [0.05, 0.1) is 5.69 Å². The molecule has 4 aromatic rings. The monoisotopic (exact) mass is 592 g/mol. The Bertz CT molecular complexity index is 1820. The number of carbonyl (C=O) groups is 1. The van der Waals surface area contributed by atoms with Gasteiger partial charge in [-0.25, -0.2) is 4.98 Å². The molecule has 2 aliphatic rings. The fourth-order valence-corrected chi connectivity index (χ4v) is 5.83. The first-order chi connectivity index (χ1) is 20.5. The van der Waals surface area contributed by atoms with Crippen LogP contribution in [0, 0.1) is 0 Å². The van der Waals surface area contributed by atoms with Gasteiger partial charge in [-0.2, -0.15) is 0 Å². The maximum Gasteiger partial charge on any atom is 0.573 e. The van der Waals surface area contributed by atoms with Crippen LogP contribution in [0.3, 0.4) is 0 Å². The van der Waals surface area contributed by atoms with Crippen molar-refractivity contribution in [2.45, 2.75) is 25.7 Å². The molecular weight excluding hydrogens is 561 g/mol. The van der Waals surface area contributed by atoms with Gasteiger partial charge in [0.15, 0.2) is 0 Å². The number of fused-ring (bicyclic) bond motifs is 2. The summed E-state index contributed by atoms with van der Waals surface area (Å²) in [5.41, 5.74) is 5.31. The van der Waals surface area contributed by atoms with Crippen molar-refractivity contribution in [1.29, 1.82) is 0 Å². The molecule has 0 aliphatic carbocycles. The Balaban J connectivity index is 1.25. The van der Waals surface area contributed by atoms with Crippen molar-refractivity contribution < 1.29 is 22.7 Å². The summed E-state index contributed by atoms with van der Waals surface area (Å²) in [5, 5.41) is 4.10. The van der Waals surface area contributed by atoms with E-state index in [0.29, 0.717) is 38.0 Å². The average molecular weight is 593 g/mol. The topological polar surface area (TPSA) is 84.6 Å². The molecule has 0 fully saturated rings. The third-order valence-corrected chi connectivity index (χ3v) is 8.03. The van der Waals surface area contributed by atoms with Crippen molar-refractivity contribution in [3.05, 3.63) is 87.6 Å². The van der Waals surface area contributed by atoms with Gasteiger partial charge in [0.1, 0.15) is 11.4 Å². The number of hydrogen-bond acceptors (Lipinski definition) is 6. The lowest BCUT2D eigenvalue weighted by atomic mass is 9.97. The number of hydrogen-bond donors (Lipinski definition) is 1. The van der Waals surface area contributed by atoms with E-state index >= 15 is 0 Å². The Morgan fingerprint density at radius 2 is 1.95 bits per heavy atom. The highest BCUT2D eigenvalue weighted by molar-refractivity contribution is 5.95. The van der Waals surface area contributed by atoms with E-state index in [9.17, 15) is 22.8 Å². The summed E-state index contributed by atoms with van der Waals surface area (Å²) in [5.74, 6) is -0.794. The summed E-state index contributed by atoms with van der Waals surface area (Å²) < 4.78 is 47.8. The van der Waals surface area contributed by atoms with Crippen LogP contribution in [0.5, 0.6) is 5.75 Å². The van der Waals surface area contributed by atoms with Gasteiger partial charge in [-0.05, 0) is 48.7 Å². The quantitative estimate of drug-likeness (QED) is 0.353. The highest BCUT2D eigenvalue weighted by atomic mass is 19.4. The Morgan fingerprint density at radius 3 is 2.67 bits per heavy atom. The van der Waals surface area contributed by atoms with E-state index in [-0.39, 0.29) is 16.9 Å². The van der Waals surface area contributed by atoms with Crippen LogP contribution in [0.1, 0.15) is 33.6 Å². The summed E-state index contributed by atoms with van der Waals surface area (Å²) >= 11 is 0. The number of nitrogens with zero attached hydrogens (tertiary/aromatic N) is 5. The minimum atomic E-state index is -4.89. The van der Waals surface area contributed by atoms with Gasteiger partial charge in [-0.3, -0.25) is 19.1 Å². The number of aromatic nitrogens is 3. The second-order valence-electron chi connectivity index (χ2n) is 11.0. The third-order valence-electron chi connectivity index (χ3n) is 8.03. The number of pyridine rings is 2. The van der Waals surface area contributed by atoms with Crippen LogP contribution in [-0.2, 0) is 20.0 Å². The van der Waals surface area contributed by atoms with Gasteiger partial charge in [-0.1, -0.05) is 12.1 Å². The lowest BCUT2D eigenvalue weighted by Crippen LogP contribution is -2.29. The van der Waals surface area contributed by atoms with Crippen molar-refractivity contribution >= 4 is 28.2 Å². The van der Waals surface area contributed by atoms with E-state index < -0.39 is 12.3 Å². The maximum atomic E-state index is 13.3. The van der Waals surface area contributed by atoms with Gasteiger partial charge < -0.3 is 19.5 Å². The van der Waals surface area contributed by atoms with Crippen molar-refractivity contribution in [1.82, 2.24) is 23.9 Å². The predicted molar refractivity (Wildman–Crippen MR) is 158 cm³/mol. The summed E-state index contributed by atoms with van der Waals surface area (Å²) in [6.07, 6.45) is 1.70. The van der Waals surface area contributed by atoms with Gasteiger partial charge in [0, 0.05) is 93.2 Å². The predicted octanol–water partition coefficient (Wildman–Crippen LogP) is 4.58. The molecule has 0 saturated carbocycles. The first-order valence-electron chi connectivity index (χ1n) is 14.0. The number of carbonyl (C=O) groups excluding carboxylic acids is 1. The maximum absolute atomic E-state index is 13.3. The van der Waals surface area contributed by atoms with Crippen LogP contribution in [0.15, 0.2) is 59.7 Å². The van der Waals surface area contributed by atoms with E-state index in [4.69, 9.17) is 0 Å². The van der Waals surface area contributed by atoms with Gasteiger partial charge >= 0.3 is 6.36 Å². The summed E-state index contributed by atoms with van der Waals surface area (Å²) in [4.78, 5) is 33.7. The van der Waals surface area contributed by atoms with Crippen LogP contribution < -0.4 is 15.6 Å². The molecular formula is C31H31F3N6O3. The Labute approximate surface area is 245 Å². The highest BCUT2D eigenvalue weighted by Crippen LogP contribution is 2.35. The molecule has 6 rings (SSSR count). The number of halogens is 3. The van der Waals surface area contributed by atoms with Crippen LogP contribution >= 0.6 is 0 Å². The molecule has 0 atom stereocenters. The molecule has 224 valence electrons. The standard InChI is InChI=1S/C31H31F3N6O3/c1-37(2)29(41)20-4-5-22(27(16-20)43-31(32,33)34)19-8-13-39(14-9-19)18-21-17-24-26(7-12-36-28(24)38(21)3)40-15-10-25-23(30(40)42)6-11-35-25/h4-5,7-8,10,12,15-17,35H,6,9,11,13-14,18H2,1-3H3. The first kappa shape index (κ1) is 28.5. The third kappa shape index (κ3) is 5.50. The van der Waals surface area contributed by atoms with Crippen LogP contribution in [-0.4, -0.2) is 69.9 Å². The average Bonchev–Trinajstić information content (AvgIpc) is 3.58. The molecule has 1 amide bonds. The molecule has 0 saturated heterocycles. The molecule has 0 spiro atoms. The molecule has 3 aromatic heterocycles. The molecule has 2 aliphatic heterocycles. The number of ether oxygens (including phenoxy) is 1. The normalized spacial score (nSPS) is 15.3. The molecule has 0 radical (unpaired) electrons. The first-order valence-corrected chi connectivity index (χ1v) is 14.0. The summed E-state index contributed by atoms with van der Waals surface area (Å²) in [6.45, 7) is 2.45. The van der Waals surface area contributed by atoms with Gasteiger partial charge in [0.25, 0.3) is 11.5 Å². The molecule has 12 heteroatoms. The molecule has 43 heavy (non-hydrogen) atoms. The van der Waals surface area contributed by atoms with Crippen LogP contribution in [0.4, 0.5) is 18.9 Å². The lowest BCUT2D eigenvalue weighted by Gasteiger charge is -2.27. The molecule has 9 nitrogen and oxygen atoms in total. The molecule has 1 N–H and O–H groups in total. The van der Waals surface area contributed by atoms with E-state index in [2.05, 4.69) is 19.9 Å². The Kier molecular flexibility index (Phi) is 7.25. The van der Waals surface area contributed by atoms with E-state index in [1.165, 1.54) is 31.1 Å². The SMILES string of the molecule is CN(C)C(=O)c1ccc(C2=CCN(Cc3cc4c(-n5ccc6c(c5=O)CCN6)ccnc4n3C)CC2)c(OC(F)(F)F)c1. The number of amides is 1. The largest absolute Gasteiger partial charge is 0.573 e. The number of rotatable bonds is 6. The number of benzene rings is 1. The lowest BCUT2D eigenvalue weighted by molar-refractivity contribution is -0.274. The minimum Gasteiger partial charge on any atom is -0.405 e. The van der Waals surface area contributed by atoms with Crippen molar-refractivity contribution in [2.75, 3.05) is 39.0 Å². The summed E-state index contributed by atoms with van der Waals surface area (Å²) in [6, 6.07) is 10.0. The Hall–Kier alpha value is -4.58. The smallest absolute Gasteiger partial charge is 0.405 e. The molecule has 0 unspecified atom stereocenters. The van der Waals surface area contributed by atoms with E-state index in [1.807, 2.05) is 35.9 Å². The zero-order chi connectivity index (χ0) is 30.5. The fraction of sp³-hybridized carbons (Fsp3) is 0.323. The van der Waals surface area contributed by atoms with Crippen molar-refractivity contribution in [3.63, 3.8) is 0 Å². The number of alkyl halides is 3. The highest BCUT2D eigenvalue weighted by Gasteiger charge is 2.33. The van der Waals surface area contributed by atoms with Crippen molar-refractivity contribution in [2.24, 2.45) is 7.05 Å². The second kappa shape index (κ2) is 10.9. The van der Waals surface area contributed by atoms with Gasteiger partial charge in [0.2, 0.25) is 0 Å². The van der Waals surface area contributed by atoms with Crippen LogP contribution in [0.25, 0.3) is 22.3 Å². The Morgan fingerprint density at radius 1 is 1.14 bits per heavy atom. The molecule has 1 aromatic carbocycles. The van der Waals surface area contributed by atoms with Crippen molar-refractivity contribution in [3.8, 4) is 11.4 Å². The number of anilines is 1. The zero-order valence-electron chi connectivity index (χ0n) is 24.0.